The third-order valence-electron chi connectivity index (χ3n) is 1.90. The Morgan fingerprint density at radius 2 is 0.800 bits per heavy atom. The maximum atomic E-state index is 11.6. The average molecular weight is 369 g/mol. The topological polar surface area (TPSA) is 9.23 Å². The molecule has 0 aromatic carbocycles. The van der Waals surface area contributed by atoms with Gasteiger partial charge in [-0.1, -0.05) is 48.5 Å². The number of halogens is 3. The van der Waals surface area contributed by atoms with Gasteiger partial charge in [-0.05, 0) is 47.0 Å². The summed E-state index contributed by atoms with van der Waals surface area (Å²) in [5.41, 5.74) is -0.951. The van der Waals surface area contributed by atoms with Crippen LogP contribution in [0.3, 0.4) is 0 Å². The van der Waals surface area contributed by atoms with Gasteiger partial charge in [0, 0.05) is 12.5 Å². The largest absolute Gasteiger partial charge is 0.393 e. The van der Waals surface area contributed by atoms with E-state index in [1.165, 1.54) is 0 Å². The smallest absolute Gasteiger partial charge is 0.379 e. The molecule has 4 heteroatoms. The first-order valence-corrected chi connectivity index (χ1v) is 8.47. The molecule has 0 radical (unpaired) electrons. The molecule has 0 bridgehead atoms. The Balaban J connectivity index is -0.000000119. The van der Waals surface area contributed by atoms with Crippen LogP contribution in [0, 0.1) is 28.6 Å². The van der Waals surface area contributed by atoms with E-state index < -0.39 is 11.6 Å². The van der Waals surface area contributed by atoms with E-state index in [1.807, 2.05) is 41.5 Å². The Morgan fingerprint density at radius 1 is 0.680 bits per heavy atom. The number of methoxy groups -OCH3 is 1. The van der Waals surface area contributed by atoms with Crippen LogP contribution < -0.4 is 0 Å². The predicted molar refractivity (Wildman–Crippen MR) is 106 cm³/mol. The summed E-state index contributed by atoms with van der Waals surface area (Å²) in [4.78, 5) is 0. The summed E-state index contributed by atoms with van der Waals surface area (Å²) in [7, 11) is 1.71. The summed E-state index contributed by atoms with van der Waals surface area (Å²) in [6, 6.07) is 0. The van der Waals surface area contributed by atoms with E-state index in [-0.39, 0.29) is 11.0 Å². The molecule has 0 aliphatic rings. The van der Waals surface area contributed by atoms with Crippen LogP contribution >= 0.6 is 0 Å². The molecular formula is C21H43F3O. The van der Waals surface area contributed by atoms with Crippen LogP contribution in [-0.4, -0.2) is 18.9 Å². The van der Waals surface area contributed by atoms with Crippen molar-refractivity contribution in [1.82, 2.24) is 0 Å². The van der Waals surface area contributed by atoms with Crippen molar-refractivity contribution in [3.63, 3.8) is 0 Å². The molecule has 0 N–H and O–H groups in total. The SMILES string of the molecule is C#CC(C)(C)C.CC(C)(C)C.CC(C)(C)C(F)(F)F.COC(C)(C)C. The van der Waals surface area contributed by atoms with Crippen LogP contribution in [-0.2, 0) is 4.74 Å². The Kier molecular flexibility index (Phi) is 15.2. The van der Waals surface area contributed by atoms with E-state index >= 15 is 0 Å². The van der Waals surface area contributed by atoms with E-state index in [0.29, 0.717) is 5.41 Å². The van der Waals surface area contributed by atoms with Crippen molar-refractivity contribution in [3.05, 3.63) is 0 Å². The van der Waals surface area contributed by atoms with Gasteiger partial charge in [0.25, 0.3) is 0 Å². The third kappa shape index (κ3) is 51.7. The molecule has 0 rings (SSSR count). The highest BCUT2D eigenvalue weighted by molar-refractivity contribution is 4.96. The van der Waals surface area contributed by atoms with Crippen LogP contribution in [0.1, 0.15) is 90.0 Å². The molecule has 0 aliphatic heterocycles. The van der Waals surface area contributed by atoms with E-state index in [4.69, 9.17) is 11.2 Å². The maximum Gasteiger partial charge on any atom is 0.393 e. The summed E-state index contributed by atoms with van der Waals surface area (Å²) in [6.07, 6.45) is 0.993. The summed E-state index contributed by atoms with van der Waals surface area (Å²) >= 11 is 0. The van der Waals surface area contributed by atoms with Crippen LogP contribution in [0.2, 0.25) is 0 Å². The van der Waals surface area contributed by atoms with Gasteiger partial charge in [-0.25, -0.2) is 0 Å². The molecule has 0 saturated heterocycles. The van der Waals surface area contributed by atoms with Crippen molar-refractivity contribution < 1.29 is 17.9 Å². The van der Waals surface area contributed by atoms with Crippen molar-refractivity contribution in [2.75, 3.05) is 7.11 Å². The summed E-state index contributed by atoms with van der Waals surface area (Å²) in [5.74, 6) is 2.60. The highest BCUT2D eigenvalue weighted by Gasteiger charge is 2.42. The second kappa shape index (κ2) is 11.8. The van der Waals surface area contributed by atoms with Crippen molar-refractivity contribution in [3.8, 4) is 12.3 Å². The van der Waals surface area contributed by atoms with Gasteiger partial charge in [-0.2, -0.15) is 13.2 Å². The molecule has 0 aromatic heterocycles. The van der Waals surface area contributed by atoms with Crippen molar-refractivity contribution >= 4 is 0 Å². The minimum absolute atomic E-state index is 0.0417. The second-order valence-corrected chi connectivity index (χ2v) is 10.5. The molecule has 0 aliphatic carbocycles. The molecular weight excluding hydrogens is 325 g/mol. The van der Waals surface area contributed by atoms with E-state index in [0.717, 1.165) is 20.8 Å². The predicted octanol–water partition coefficient (Wildman–Crippen LogP) is 7.74. The molecule has 0 unspecified atom stereocenters. The summed E-state index contributed by atoms with van der Waals surface area (Å²) < 4.78 is 39.6. The van der Waals surface area contributed by atoms with Gasteiger partial charge >= 0.3 is 6.18 Å². The summed E-state index contributed by atoms with van der Waals surface area (Å²) in [5, 5.41) is 0. The number of hydrogen-bond donors (Lipinski definition) is 0. The number of ether oxygens (including phenoxy) is 1. The number of terminal acetylenes is 1. The molecule has 0 atom stereocenters. The van der Waals surface area contributed by atoms with Crippen LogP contribution in [0.4, 0.5) is 13.2 Å². The normalized spacial score (nSPS) is 12.3. The zero-order valence-electron chi connectivity index (χ0n) is 19.1. The Morgan fingerprint density at radius 3 is 0.800 bits per heavy atom. The fraction of sp³-hybridized carbons (Fsp3) is 0.905. The molecule has 25 heavy (non-hydrogen) atoms. The van der Waals surface area contributed by atoms with E-state index in [1.54, 1.807) is 7.11 Å². The molecule has 0 amide bonds. The minimum Gasteiger partial charge on any atom is -0.379 e. The Labute approximate surface area is 156 Å². The lowest BCUT2D eigenvalue weighted by atomic mass is 9.96. The molecule has 0 heterocycles. The molecule has 154 valence electrons. The molecule has 0 spiro atoms. The average Bonchev–Trinajstić information content (AvgIpc) is 2.23. The zero-order valence-corrected chi connectivity index (χ0v) is 19.1. The first-order valence-electron chi connectivity index (χ1n) is 8.47. The van der Waals surface area contributed by atoms with Crippen molar-refractivity contribution in [1.29, 1.82) is 0 Å². The molecule has 0 fully saturated rings. The monoisotopic (exact) mass is 368 g/mol. The maximum absolute atomic E-state index is 11.6. The minimum atomic E-state index is -4.06. The van der Waals surface area contributed by atoms with Gasteiger partial charge in [-0.15, -0.1) is 12.3 Å². The molecule has 0 saturated carbocycles. The van der Waals surface area contributed by atoms with E-state index in [2.05, 4.69) is 33.6 Å². The van der Waals surface area contributed by atoms with Gasteiger partial charge in [0.05, 0.1) is 11.0 Å². The number of rotatable bonds is 0. The lowest BCUT2D eigenvalue weighted by Crippen LogP contribution is -2.28. The van der Waals surface area contributed by atoms with Crippen molar-refractivity contribution in [2.24, 2.45) is 16.2 Å². The highest BCUT2D eigenvalue weighted by atomic mass is 19.4. The van der Waals surface area contributed by atoms with E-state index in [9.17, 15) is 13.2 Å². The van der Waals surface area contributed by atoms with Gasteiger partial charge in [0.2, 0.25) is 0 Å². The first kappa shape index (κ1) is 32.0. The van der Waals surface area contributed by atoms with Crippen LogP contribution in [0.25, 0.3) is 0 Å². The van der Waals surface area contributed by atoms with Crippen LogP contribution in [0.15, 0.2) is 0 Å². The lowest BCUT2D eigenvalue weighted by molar-refractivity contribution is -0.204. The number of alkyl halides is 3. The quantitative estimate of drug-likeness (QED) is 0.397. The fourth-order valence-corrected chi connectivity index (χ4v) is 0. The standard InChI is InChI=1S/C6H10.C5H9F3.C5H12O.C5H12/c1-5-6(2,3)4;1-4(2,3)5(6,7)8;1-5(2,3)6-4;1-5(2,3)4/h1H,2-4H3;1-3H3;1-4H3;1-4H3. The van der Waals surface area contributed by atoms with Crippen LogP contribution in [0.5, 0.6) is 0 Å². The van der Waals surface area contributed by atoms with Gasteiger partial charge < -0.3 is 4.74 Å². The molecule has 0 aromatic rings. The van der Waals surface area contributed by atoms with Crippen molar-refractivity contribution in [2.45, 2.75) is 102 Å². The highest BCUT2D eigenvalue weighted by Crippen LogP contribution is 2.36. The van der Waals surface area contributed by atoms with Gasteiger partial charge in [0.1, 0.15) is 0 Å². The Bertz CT molecular complexity index is 330. The zero-order chi connectivity index (χ0) is 21.9. The van der Waals surface area contributed by atoms with Gasteiger partial charge in [-0.3, -0.25) is 0 Å². The first-order chi connectivity index (χ1) is 10.4. The van der Waals surface area contributed by atoms with Gasteiger partial charge in [0.15, 0.2) is 0 Å². The summed E-state index contributed by atoms with van der Waals surface area (Å²) in [6.45, 7) is 24.3. The second-order valence-electron chi connectivity index (χ2n) is 10.5. The Hall–Kier alpha value is -0.690. The lowest BCUT2D eigenvalue weighted by Gasteiger charge is -2.21. The molecule has 1 nitrogen and oxygen atoms in total. The third-order valence-corrected chi connectivity index (χ3v) is 1.90. The number of hydrogen-bond acceptors (Lipinski definition) is 1. The fourth-order valence-electron chi connectivity index (χ4n) is 0.